The van der Waals surface area contributed by atoms with E-state index < -0.39 is 4.92 Å². The summed E-state index contributed by atoms with van der Waals surface area (Å²) in [6.45, 7) is 0.250. The minimum Gasteiger partial charge on any atom is -0.488 e. The maximum atomic E-state index is 11.1. The van der Waals surface area contributed by atoms with E-state index in [1.165, 1.54) is 19.2 Å². The zero-order chi connectivity index (χ0) is 15.2. The lowest BCUT2D eigenvalue weighted by Gasteiger charge is -2.11. The van der Waals surface area contributed by atoms with Crippen molar-refractivity contribution >= 4 is 5.69 Å². The van der Waals surface area contributed by atoms with E-state index in [1.54, 1.807) is 6.07 Å². The molecule has 0 unspecified atom stereocenters. The fourth-order valence-electron chi connectivity index (χ4n) is 1.87. The van der Waals surface area contributed by atoms with Gasteiger partial charge in [-0.15, -0.1) is 0 Å². The monoisotopic (exact) mass is 284 g/mol. The minimum atomic E-state index is -0.646. The molecule has 0 aliphatic carbocycles. The normalized spacial score (nSPS) is 9.71. The molecular weight excluding hydrogens is 272 g/mol. The first-order chi connectivity index (χ1) is 10.2. The molecule has 2 rings (SSSR count). The van der Waals surface area contributed by atoms with Crippen molar-refractivity contribution in [3.8, 4) is 17.6 Å². The number of nitrogens with zero attached hydrogens (tertiary/aromatic N) is 2. The van der Waals surface area contributed by atoms with Gasteiger partial charge in [0.05, 0.1) is 12.0 Å². The quantitative estimate of drug-likeness (QED) is 0.622. The molecule has 0 saturated heterocycles. The first-order valence-corrected chi connectivity index (χ1v) is 6.09. The summed E-state index contributed by atoms with van der Waals surface area (Å²) in [6.07, 6.45) is 0. The SMILES string of the molecule is COc1c(OCc2ccccc2)ccc(C#N)c1[N+](=O)[O-]. The number of methoxy groups -OCH3 is 1. The molecule has 0 spiro atoms. The second-order valence-electron chi connectivity index (χ2n) is 4.14. The van der Waals surface area contributed by atoms with Crippen LogP contribution in [0, 0.1) is 21.4 Å². The van der Waals surface area contributed by atoms with Crippen LogP contribution in [0.25, 0.3) is 0 Å². The van der Waals surface area contributed by atoms with Gasteiger partial charge < -0.3 is 9.47 Å². The lowest BCUT2D eigenvalue weighted by molar-refractivity contribution is -0.386. The lowest BCUT2D eigenvalue weighted by atomic mass is 10.1. The third-order valence-corrected chi connectivity index (χ3v) is 2.84. The smallest absolute Gasteiger partial charge is 0.332 e. The lowest BCUT2D eigenvalue weighted by Crippen LogP contribution is -2.02. The highest BCUT2D eigenvalue weighted by molar-refractivity contribution is 5.64. The van der Waals surface area contributed by atoms with Crippen molar-refractivity contribution in [2.24, 2.45) is 0 Å². The predicted octanol–water partition coefficient (Wildman–Crippen LogP) is 3.05. The summed E-state index contributed by atoms with van der Waals surface area (Å²) in [6, 6.07) is 14.0. The number of rotatable bonds is 5. The van der Waals surface area contributed by atoms with Crippen molar-refractivity contribution in [3.05, 3.63) is 63.7 Å². The maximum absolute atomic E-state index is 11.1. The number of nitro groups is 1. The molecule has 0 aliphatic heterocycles. The molecule has 0 atom stereocenters. The fourth-order valence-corrected chi connectivity index (χ4v) is 1.87. The van der Waals surface area contributed by atoms with Crippen molar-refractivity contribution < 1.29 is 14.4 Å². The Labute approximate surface area is 121 Å². The highest BCUT2D eigenvalue weighted by Crippen LogP contribution is 2.39. The summed E-state index contributed by atoms with van der Waals surface area (Å²) in [7, 11) is 1.30. The standard InChI is InChI=1S/C15H12N2O4/c1-20-15-13(21-10-11-5-3-2-4-6-11)8-7-12(9-16)14(15)17(18)19/h2-8H,10H2,1H3. The van der Waals surface area contributed by atoms with Gasteiger partial charge in [-0.2, -0.15) is 5.26 Å². The molecule has 2 aromatic carbocycles. The molecular formula is C15H12N2O4. The fraction of sp³-hybridized carbons (Fsp3) is 0.133. The summed E-state index contributed by atoms with van der Waals surface area (Å²) in [4.78, 5) is 10.5. The topological polar surface area (TPSA) is 85.4 Å². The summed E-state index contributed by atoms with van der Waals surface area (Å²) < 4.78 is 10.6. The van der Waals surface area contributed by atoms with E-state index in [-0.39, 0.29) is 29.4 Å². The molecule has 0 fully saturated rings. The van der Waals surface area contributed by atoms with Crippen LogP contribution in [0.15, 0.2) is 42.5 Å². The van der Waals surface area contributed by atoms with E-state index in [0.717, 1.165) is 5.56 Å². The molecule has 0 radical (unpaired) electrons. The number of ether oxygens (including phenoxy) is 2. The second kappa shape index (κ2) is 6.39. The van der Waals surface area contributed by atoms with Crippen LogP contribution in [-0.4, -0.2) is 12.0 Å². The first kappa shape index (κ1) is 14.3. The summed E-state index contributed by atoms with van der Waals surface area (Å²) in [5.74, 6) is 0.182. The molecule has 0 N–H and O–H groups in total. The summed E-state index contributed by atoms with van der Waals surface area (Å²) in [5.41, 5.74) is 0.473. The predicted molar refractivity (Wildman–Crippen MR) is 75.1 cm³/mol. The largest absolute Gasteiger partial charge is 0.488 e. The number of hydrogen-bond donors (Lipinski definition) is 0. The van der Waals surface area contributed by atoms with Crippen LogP contribution in [0.2, 0.25) is 0 Å². The molecule has 2 aromatic rings. The highest BCUT2D eigenvalue weighted by atomic mass is 16.6. The number of hydrogen-bond acceptors (Lipinski definition) is 5. The molecule has 0 heterocycles. The Hall–Kier alpha value is -3.07. The van der Waals surface area contributed by atoms with Gasteiger partial charge in [-0.05, 0) is 17.7 Å². The average Bonchev–Trinajstić information content (AvgIpc) is 2.52. The van der Waals surface area contributed by atoms with Crippen LogP contribution >= 0.6 is 0 Å². The van der Waals surface area contributed by atoms with Crippen molar-refractivity contribution in [1.29, 1.82) is 5.26 Å². The van der Waals surface area contributed by atoms with Gasteiger partial charge in [-0.1, -0.05) is 30.3 Å². The van der Waals surface area contributed by atoms with Crippen LogP contribution in [0.4, 0.5) is 5.69 Å². The number of benzene rings is 2. The Morgan fingerprint density at radius 2 is 1.95 bits per heavy atom. The van der Waals surface area contributed by atoms with Crippen LogP contribution in [0.1, 0.15) is 11.1 Å². The zero-order valence-corrected chi connectivity index (χ0v) is 11.3. The van der Waals surface area contributed by atoms with Crippen molar-refractivity contribution in [2.45, 2.75) is 6.61 Å². The zero-order valence-electron chi connectivity index (χ0n) is 11.3. The van der Waals surface area contributed by atoms with Crippen molar-refractivity contribution in [2.75, 3.05) is 7.11 Å². The number of nitro benzene ring substituents is 1. The van der Waals surface area contributed by atoms with Gasteiger partial charge in [0.2, 0.25) is 5.75 Å². The molecule has 6 nitrogen and oxygen atoms in total. The Bertz CT molecular complexity index is 693. The van der Waals surface area contributed by atoms with Gasteiger partial charge in [0, 0.05) is 0 Å². The van der Waals surface area contributed by atoms with Gasteiger partial charge in [0.25, 0.3) is 0 Å². The van der Waals surface area contributed by atoms with E-state index in [1.807, 2.05) is 30.3 Å². The Kier molecular flexibility index (Phi) is 4.36. The molecule has 106 valence electrons. The Morgan fingerprint density at radius 3 is 2.52 bits per heavy atom. The van der Waals surface area contributed by atoms with Crippen LogP contribution < -0.4 is 9.47 Å². The molecule has 0 saturated carbocycles. The van der Waals surface area contributed by atoms with E-state index in [2.05, 4.69) is 0 Å². The average molecular weight is 284 g/mol. The molecule has 0 bridgehead atoms. The first-order valence-electron chi connectivity index (χ1n) is 6.09. The van der Waals surface area contributed by atoms with Gasteiger partial charge >= 0.3 is 5.69 Å². The summed E-state index contributed by atoms with van der Waals surface area (Å²) >= 11 is 0. The van der Waals surface area contributed by atoms with E-state index >= 15 is 0 Å². The summed E-state index contributed by atoms with van der Waals surface area (Å²) in [5, 5.41) is 20.0. The molecule has 0 aliphatic rings. The van der Waals surface area contributed by atoms with E-state index in [0.29, 0.717) is 0 Å². The van der Waals surface area contributed by atoms with Crippen LogP contribution in [0.5, 0.6) is 11.5 Å². The Morgan fingerprint density at radius 1 is 1.24 bits per heavy atom. The third-order valence-electron chi connectivity index (χ3n) is 2.84. The second-order valence-corrected chi connectivity index (χ2v) is 4.14. The van der Waals surface area contributed by atoms with Crippen LogP contribution in [-0.2, 0) is 6.61 Å². The van der Waals surface area contributed by atoms with Crippen LogP contribution in [0.3, 0.4) is 0 Å². The van der Waals surface area contributed by atoms with Gasteiger partial charge in [-0.25, -0.2) is 0 Å². The van der Waals surface area contributed by atoms with E-state index in [9.17, 15) is 10.1 Å². The molecule has 0 aromatic heterocycles. The highest BCUT2D eigenvalue weighted by Gasteiger charge is 2.25. The molecule has 21 heavy (non-hydrogen) atoms. The van der Waals surface area contributed by atoms with Gasteiger partial charge in [-0.3, -0.25) is 10.1 Å². The van der Waals surface area contributed by atoms with E-state index in [4.69, 9.17) is 14.7 Å². The number of nitriles is 1. The molecule has 0 amide bonds. The van der Waals surface area contributed by atoms with Crippen molar-refractivity contribution in [1.82, 2.24) is 0 Å². The molecule has 6 heteroatoms. The Balaban J connectivity index is 2.34. The van der Waals surface area contributed by atoms with Gasteiger partial charge in [0.1, 0.15) is 18.2 Å². The van der Waals surface area contributed by atoms with Gasteiger partial charge in [0.15, 0.2) is 5.75 Å². The minimum absolute atomic E-state index is 0.0463. The third kappa shape index (κ3) is 3.09. The van der Waals surface area contributed by atoms with Crippen molar-refractivity contribution in [3.63, 3.8) is 0 Å². The maximum Gasteiger partial charge on any atom is 0.332 e.